The summed E-state index contributed by atoms with van der Waals surface area (Å²) in [7, 11) is 0. The maximum atomic E-state index is 4.69. The van der Waals surface area contributed by atoms with Crippen LogP contribution in [0.2, 0.25) is 0 Å². The van der Waals surface area contributed by atoms with Gasteiger partial charge in [-0.15, -0.1) is 11.3 Å². The fraction of sp³-hybridized carbons (Fsp3) is 0.467. The Bertz CT molecular complexity index is 561. The maximum absolute atomic E-state index is 4.69. The zero-order valence-electron chi connectivity index (χ0n) is 12.2. The highest BCUT2D eigenvalue weighted by atomic mass is 79.9. The zero-order valence-corrected chi connectivity index (χ0v) is 14.6. The smallest absolute Gasteiger partial charge is 0.171 e. The summed E-state index contributed by atoms with van der Waals surface area (Å²) >= 11 is 5.29. The Hall–Kier alpha value is -0.940. The van der Waals surface area contributed by atoms with Crippen LogP contribution in [0.5, 0.6) is 0 Å². The van der Waals surface area contributed by atoms with Gasteiger partial charge in [-0.05, 0) is 41.8 Å². The molecule has 0 unspecified atom stereocenters. The van der Waals surface area contributed by atoms with Crippen molar-refractivity contribution in [3.63, 3.8) is 0 Å². The van der Waals surface area contributed by atoms with Gasteiger partial charge in [0.05, 0.1) is 4.88 Å². The monoisotopic (exact) mass is 353 g/mol. The number of hydrogen-bond donors (Lipinski definition) is 1. The first-order valence-electron chi connectivity index (χ1n) is 7.02. The van der Waals surface area contributed by atoms with Crippen LogP contribution >= 0.6 is 27.3 Å². The SMILES string of the molecule is CCCNc1cc(CCC)nc(-c2cc(Br)c(C)s2)n1. The van der Waals surface area contributed by atoms with Crippen molar-refractivity contribution in [1.82, 2.24) is 9.97 Å². The number of rotatable bonds is 6. The number of aromatic nitrogens is 2. The summed E-state index contributed by atoms with van der Waals surface area (Å²) in [6.45, 7) is 7.37. The second kappa shape index (κ2) is 7.18. The number of nitrogens with one attached hydrogen (secondary N) is 1. The normalized spacial score (nSPS) is 10.8. The highest BCUT2D eigenvalue weighted by molar-refractivity contribution is 9.10. The molecule has 0 spiro atoms. The molecule has 5 heteroatoms. The second-order valence-electron chi connectivity index (χ2n) is 4.76. The lowest BCUT2D eigenvalue weighted by Crippen LogP contribution is -2.05. The van der Waals surface area contributed by atoms with E-state index in [1.807, 2.05) is 0 Å². The summed E-state index contributed by atoms with van der Waals surface area (Å²) in [4.78, 5) is 11.7. The molecule has 2 heterocycles. The van der Waals surface area contributed by atoms with Gasteiger partial charge in [0.15, 0.2) is 5.82 Å². The van der Waals surface area contributed by atoms with E-state index < -0.39 is 0 Å². The van der Waals surface area contributed by atoms with Gasteiger partial charge < -0.3 is 5.32 Å². The summed E-state index contributed by atoms with van der Waals surface area (Å²) in [5.41, 5.74) is 1.11. The predicted octanol–water partition coefficient (Wildman–Crippen LogP) is 5.05. The summed E-state index contributed by atoms with van der Waals surface area (Å²) in [5.74, 6) is 1.76. The molecule has 0 saturated heterocycles. The standard InChI is InChI=1S/C15H20BrN3S/c1-4-6-11-8-14(17-7-5-2)19-15(18-11)13-9-12(16)10(3)20-13/h8-9H,4-7H2,1-3H3,(H,17,18,19). The molecule has 0 amide bonds. The first kappa shape index (κ1) is 15.4. The quantitative estimate of drug-likeness (QED) is 0.789. The van der Waals surface area contributed by atoms with Crippen LogP contribution in [0.4, 0.5) is 5.82 Å². The Balaban J connectivity index is 2.37. The van der Waals surface area contributed by atoms with E-state index >= 15 is 0 Å². The Kier molecular flexibility index (Phi) is 5.54. The van der Waals surface area contributed by atoms with Crippen LogP contribution in [0, 0.1) is 6.92 Å². The van der Waals surface area contributed by atoms with Crippen LogP contribution in [0.1, 0.15) is 37.3 Å². The first-order valence-corrected chi connectivity index (χ1v) is 8.63. The fourth-order valence-corrected chi connectivity index (χ4v) is 3.37. The molecule has 0 aromatic carbocycles. The number of hydrogen-bond acceptors (Lipinski definition) is 4. The number of anilines is 1. The van der Waals surface area contributed by atoms with E-state index in [0.29, 0.717) is 0 Å². The zero-order chi connectivity index (χ0) is 14.5. The van der Waals surface area contributed by atoms with Crippen LogP contribution in [0.15, 0.2) is 16.6 Å². The molecular weight excluding hydrogens is 334 g/mol. The largest absolute Gasteiger partial charge is 0.370 e. The summed E-state index contributed by atoms with van der Waals surface area (Å²) in [6, 6.07) is 4.17. The average molecular weight is 354 g/mol. The lowest BCUT2D eigenvalue weighted by Gasteiger charge is -2.08. The minimum Gasteiger partial charge on any atom is -0.370 e. The van der Waals surface area contributed by atoms with Crippen molar-refractivity contribution < 1.29 is 0 Å². The Labute approximate surface area is 133 Å². The molecule has 0 bridgehead atoms. The van der Waals surface area contributed by atoms with Crippen LogP contribution in [0.3, 0.4) is 0 Å². The van der Waals surface area contributed by atoms with Crippen LogP contribution in [-0.2, 0) is 6.42 Å². The topological polar surface area (TPSA) is 37.8 Å². The molecule has 2 rings (SSSR count). The summed E-state index contributed by atoms with van der Waals surface area (Å²) in [5, 5.41) is 3.37. The minimum atomic E-state index is 0.827. The van der Waals surface area contributed by atoms with Crippen molar-refractivity contribution in [3.8, 4) is 10.7 Å². The fourth-order valence-electron chi connectivity index (χ4n) is 1.91. The highest BCUT2D eigenvalue weighted by Crippen LogP contribution is 2.32. The summed E-state index contributed by atoms with van der Waals surface area (Å²) < 4.78 is 1.13. The molecule has 2 aromatic rings. The molecule has 1 N–H and O–H groups in total. The van der Waals surface area contributed by atoms with Crippen molar-refractivity contribution >= 4 is 33.1 Å². The van der Waals surface area contributed by atoms with Crippen LogP contribution in [-0.4, -0.2) is 16.5 Å². The van der Waals surface area contributed by atoms with Crippen LogP contribution < -0.4 is 5.32 Å². The minimum absolute atomic E-state index is 0.827. The molecule has 2 aromatic heterocycles. The number of thiophene rings is 1. The van der Waals surface area contributed by atoms with Gasteiger partial charge in [-0.25, -0.2) is 9.97 Å². The molecule has 3 nitrogen and oxygen atoms in total. The molecule has 0 atom stereocenters. The molecule has 108 valence electrons. The molecule has 0 saturated carbocycles. The van der Waals surface area contributed by atoms with Crippen molar-refractivity contribution in [1.29, 1.82) is 0 Å². The van der Waals surface area contributed by atoms with Crippen LogP contribution in [0.25, 0.3) is 10.7 Å². The van der Waals surface area contributed by atoms with E-state index in [4.69, 9.17) is 4.98 Å². The van der Waals surface area contributed by atoms with Gasteiger partial charge in [-0.3, -0.25) is 0 Å². The maximum Gasteiger partial charge on any atom is 0.171 e. The van der Waals surface area contributed by atoms with E-state index in [0.717, 1.165) is 52.5 Å². The number of halogens is 1. The van der Waals surface area contributed by atoms with Crippen molar-refractivity contribution in [3.05, 3.63) is 27.2 Å². The van der Waals surface area contributed by atoms with Crippen molar-refractivity contribution in [2.24, 2.45) is 0 Å². The Morgan fingerprint density at radius 3 is 2.60 bits per heavy atom. The van der Waals surface area contributed by atoms with Gasteiger partial charge in [0.2, 0.25) is 0 Å². The third-order valence-electron chi connectivity index (χ3n) is 2.92. The van der Waals surface area contributed by atoms with E-state index in [9.17, 15) is 0 Å². The third kappa shape index (κ3) is 3.79. The second-order valence-corrected chi connectivity index (χ2v) is 6.87. The lowest BCUT2D eigenvalue weighted by molar-refractivity contribution is 0.873. The van der Waals surface area contributed by atoms with E-state index in [1.54, 1.807) is 11.3 Å². The molecule has 0 aliphatic carbocycles. The molecule has 0 aliphatic heterocycles. The van der Waals surface area contributed by atoms with Gasteiger partial charge in [-0.1, -0.05) is 20.3 Å². The highest BCUT2D eigenvalue weighted by Gasteiger charge is 2.11. The molecular formula is C15H20BrN3S. The van der Waals surface area contributed by atoms with Crippen molar-refractivity contribution in [2.75, 3.05) is 11.9 Å². The van der Waals surface area contributed by atoms with Gasteiger partial charge in [0, 0.05) is 27.7 Å². The van der Waals surface area contributed by atoms with Gasteiger partial charge in [0.1, 0.15) is 5.82 Å². The van der Waals surface area contributed by atoms with Gasteiger partial charge in [0.25, 0.3) is 0 Å². The van der Waals surface area contributed by atoms with Gasteiger partial charge in [-0.2, -0.15) is 0 Å². The molecule has 20 heavy (non-hydrogen) atoms. The molecule has 0 fully saturated rings. The third-order valence-corrected chi connectivity index (χ3v) is 5.05. The predicted molar refractivity (Wildman–Crippen MR) is 90.6 cm³/mol. The van der Waals surface area contributed by atoms with Gasteiger partial charge >= 0.3 is 0 Å². The molecule has 0 radical (unpaired) electrons. The van der Waals surface area contributed by atoms with E-state index in [1.165, 1.54) is 4.88 Å². The Morgan fingerprint density at radius 1 is 1.20 bits per heavy atom. The average Bonchev–Trinajstić information content (AvgIpc) is 2.77. The number of nitrogens with zero attached hydrogens (tertiary/aromatic N) is 2. The van der Waals surface area contributed by atoms with E-state index in [2.05, 4.69) is 59.1 Å². The number of aryl methyl sites for hydroxylation is 2. The molecule has 0 aliphatic rings. The summed E-state index contributed by atoms with van der Waals surface area (Å²) in [6.07, 6.45) is 3.17. The Morgan fingerprint density at radius 2 is 2.00 bits per heavy atom. The van der Waals surface area contributed by atoms with Crippen molar-refractivity contribution in [2.45, 2.75) is 40.0 Å². The van der Waals surface area contributed by atoms with E-state index in [-0.39, 0.29) is 0 Å². The first-order chi connectivity index (χ1) is 9.63. The lowest BCUT2D eigenvalue weighted by atomic mass is 10.2.